The van der Waals surface area contributed by atoms with Crippen LogP contribution >= 0.6 is 0 Å². The molecule has 1 aromatic rings. The quantitative estimate of drug-likeness (QED) is 0.0767. The molecule has 320 valence electrons. The number of aliphatic hydroxyl groups excluding tert-OH is 5. The Morgan fingerprint density at radius 1 is 0.895 bits per heavy atom. The molecule has 57 heavy (non-hydrogen) atoms. The molecular formula is C47H72O10. The van der Waals surface area contributed by atoms with E-state index < -0.39 is 53.6 Å². The van der Waals surface area contributed by atoms with Crippen molar-refractivity contribution in [3.05, 3.63) is 47.5 Å². The number of benzene rings is 1. The van der Waals surface area contributed by atoms with Gasteiger partial charge in [-0.25, -0.2) is 0 Å². The van der Waals surface area contributed by atoms with E-state index in [0.717, 1.165) is 50.5 Å². The van der Waals surface area contributed by atoms with E-state index in [9.17, 15) is 35.4 Å². The van der Waals surface area contributed by atoms with Crippen LogP contribution in [0.15, 0.2) is 42.0 Å². The molecule has 16 atom stereocenters. The Morgan fingerprint density at radius 3 is 2.30 bits per heavy atom. The highest BCUT2D eigenvalue weighted by Gasteiger charge is 2.73. The summed E-state index contributed by atoms with van der Waals surface area (Å²) in [5.74, 6) is -0.420. The Balaban J connectivity index is 1.31. The number of carboxylic acid groups (broad SMARTS) is 1. The predicted octanol–water partition coefficient (Wildman–Crippen LogP) is 6.64. The number of rotatable bonds is 12. The Kier molecular flexibility index (Phi) is 12.0. The molecule has 5 fully saturated rings. The number of allylic oxidation sites excluding steroid dienone is 2. The highest BCUT2D eigenvalue weighted by atomic mass is 16.7. The molecule has 1 aromatic carbocycles. The molecule has 1 aliphatic heterocycles. The van der Waals surface area contributed by atoms with E-state index in [2.05, 4.69) is 47.6 Å². The lowest BCUT2D eigenvalue weighted by Crippen LogP contribution is -2.70. The van der Waals surface area contributed by atoms with Gasteiger partial charge in [-0.05, 0) is 109 Å². The fourth-order valence-corrected chi connectivity index (χ4v) is 14.3. The van der Waals surface area contributed by atoms with Gasteiger partial charge >= 0.3 is 5.97 Å². The number of hydrogen-bond donors (Lipinski definition) is 6. The minimum Gasteiger partial charge on any atom is -0.481 e. The van der Waals surface area contributed by atoms with Gasteiger partial charge < -0.3 is 44.8 Å². The SMILES string of the molecule is CCCCC[C@@H]1C[C@]2(C(=O)O)CC[C@](C)(CO)C[C@H]2C2=CCC3[C@@]4(C)C[C@@H](OCc5ccccc5)[C@@H](O[C@H]5OC[C@@H](O)[C@H](O)[C@H]5O)[C@@](C)(CO)[C@@H]4CC[C@@]3(C)[C@@]21C. The second-order valence-electron chi connectivity index (χ2n) is 20.8. The first-order valence-electron chi connectivity index (χ1n) is 22.1. The van der Waals surface area contributed by atoms with Crippen molar-refractivity contribution in [2.75, 3.05) is 19.8 Å². The molecule has 4 saturated carbocycles. The second kappa shape index (κ2) is 15.9. The highest BCUT2D eigenvalue weighted by molar-refractivity contribution is 5.77. The maximum absolute atomic E-state index is 13.6. The third kappa shape index (κ3) is 6.79. The molecule has 1 unspecified atom stereocenters. The zero-order chi connectivity index (χ0) is 41.2. The van der Waals surface area contributed by atoms with Crippen molar-refractivity contribution in [1.82, 2.24) is 0 Å². The lowest BCUT2D eigenvalue weighted by molar-refractivity contribution is -0.333. The average Bonchev–Trinajstić information content (AvgIpc) is 3.19. The molecule has 0 spiro atoms. The molecule has 6 aliphatic rings. The summed E-state index contributed by atoms with van der Waals surface area (Å²) in [4.78, 5) is 13.6. The first-order chi connectivity index (χ1) is 27.0. The van der Waals surface area contributed by atoms with Crippen LogP contribution in [0, 0.1) is 56.2 Å². The average molecular weight is 797 g/mol. The van der Waals surface area contributed by atoms with Gasteiger partial charge in [0.25, 0.3) is 0 Å². The molecule has 0 bridgehead atoms. The highest BCUT2D eigenvalue weighted by Crippen LogP contribution is 2.77. The number of fused-ring (bicyclic) bond motifs is 7. The van der Waals surface area contributed by atoms with Gasteiger partial charge in [-0.2, -0.15) is 0 Å². The van der Waals surface area contributed by atoms with E-state index in [-0.39, 0.29) is 65.2 Å². The number of aliphatic hydroxyl groups is 5. The van der Waals surface area contributed by atoms with Crippen LogP contribution in [0.1, 0.15) is 124 Å². The summed E-state index contributed by atoms with van der Waals surface area (Å²) in [6.07, 6.45) is 6.01. The van der Waals surface area contributed by atoms with E-state index in [0.29, 0.717) is 38.7 Å². The standard InChI is InChI=1S/C47H72O10/c1-7-8-10-15-30-22-47(41(53)54)21-20-42(2,27-48)23-32(47)31-16-17-36-43(3)24-34(55-25-29-13-11-9-12-14-29)39(57-40-38(52)37(51)33(50)26-56-40)44(4,28-49)35(43)18-19-45(36,5)46(30,31)6/h9,11-14,16,30,32-40,48-52H,7-8,10,15,17-28H2,1-6H3,(H,53,54)/t30-,32+,33-,34-,35-,36?,37+,38-,39-,40-,42+,43+,44+,45-,46-,47-/m1/s1. The predicted molar refractivity (Wildman–Crippen MR) is 216 cm³/mol. The van der Waals surface area contributed by atoms with Crippen molar-refractivity contribution in [1.29, 1.82) is 0 Å². The van der Waals surface area contributed by atoms with Gasteiger partial charge in [0.15, 0.2) is 6.29 Å². The van der Waals surface area contributed by atoms with Gasteiger partial charge in [0.05, 0.1) is 37.4 Å². The molecular weight excluding hydrogens is 725 g/mol. The summed E-state index contributed by atoms with van der Waals surface area (Å²) >= 11 is 0. The molecule has 5 aliphatic carbocycles. The van der Waals surface area contributed by atoms with Crippen LogP contribution in [0.25, 0.3) is 0 Å². The van der Waals surface area contributed by atoms with Gasteiger partial charge in [-0.15, -0.1) is 0 Å². The molecule has 7 rings (SSSR count). The number of ether oxygens (including phenoxy) is 3. The van der Waals surface area contributed by atoms with Crippen molar-refractivity contribution in [2.24, 2.45) is 56.2 Å². The lowest BCUT2D eigenvalue weighted by atomic mass is 9.31. The first kappa shape index (κ1) is 43.2. The fourth-order valence-electron chi connectivity index (χ4n) is 14.3. The third-order valence-electron chi connectivity index (χ3n) is 17.8. The Labute approximate surface area is 340 Å². The van der Waals surface area contributed by atoms with Crippen LogP contribution in [-0.4, -0.2) is 93.2 Å². The Bertz CT molecular complexity index is 1620. The van der Waals surface area contributed by atoms with Crippen LogP contribution in [0.2, 0.25) is 0 Å². The number of unbranched alkanes of at least 4 members (excludes halogenated alkanes) is 2. The zero-order valence-electron chi connectivity index (χ0n) is 35.4. The van der Waals surface area contributed by atoms with Crippen LogP contribution in [0.3, 0.4) is 0 Å². The second-order valence-corrected chi connectivity index (χ2v) is 20.8. The summed E-state index contributed by atoms with van der Waals surface area (Å²) in [6, 6.07) is 9.99. The van der Waals surface area contributed by atoms with Gasteiger partial charge in [0.2, 0.25) is 0 Å². The summed E-state index contributed by atoms with van der Waals surface area (Å²) in [6.45, 7) is 13.8. The van der Waals surface area contributed by atoms with Crippen molar-refractivity contribution < 1.29 is 49.6 Å². The number of hydrogen-bond acceptors (Lipinski definition) is 9. The molecule has 1 saturated heterocycles. The van der Waals surface area contributed by atoms with Crippen LogP contribution in [0.4, 0.5) is 0 Å². The van der Waals surface area contributed by atoms with Gasteiger partial charge in [-0.3, -0.25) is 4.79 Å². The molecule has 0 radical (unpaired) electrons. The Morgan fingerprint density at radius 2 is 1.63 bits per heavy atom. The number of carbonyl (C=O) groups is 1. The molecule has 1 heterocycles. The fraction of sp³-hybridized carbons (Fsp3) is 0.809. The molecule has 6 N–H and O–H groups in total. The third-order valence-corrected chi connectivity index (χ3v) is 17.8. The zero-order valence-corrected chi connectivity index (χ0v) is 35.4. The number of carboxylic acids is 1. The van der Waals surface area contributed by atoms with E-state index in [4.69, 9.17) is 14.2 Å². The van der Waals surface area contributed by atoms with Crippen LogP contribution in [0.5, 0.6) is 0 Å². The molecule has 0 aromatic heterocycles. The molecule has 0 amide bonds. The summed E-state index contributed by atoms with van der Waals surface area (Å²) in [7, 11) is 0. The number of aliphatic carboxylic acids is 1. The van der Waals surface area contributed by atoms with Gasteiger partial charge in [0, 0.05) is 12.0 Å². The summed E-state index contributed by atoms with van der Waals surface area (Å²) in [5.41, 5.74) is -0.421. The van der Waals surface area contributed by atoms with Crippen LogP contribution < -0.4 is 0 Å². The first-order valence-corrected chi connectivity index (χ1v) is 22.1. The van der Waals surface area contributed by atoms with Crippen molar-refractivity contribution in [3.8, 4) is 0 Å². The Hall–Kier alpha value is -1.89. The van der Waals surface area contributed by atoms with Crippen LogP contribution in [-0.2, 0) is 25.6 Å². The lowest BCUT2D eigenvalue weighted by Gasteiger charge is -2.73. The molecule has 10 heteroatoms. The minimum atomic E-state index is -1.47. The van der Waals surface area contributed by atoms with Gasteiger partial charge in [0.1, 0.15) is 18.3 Å². The van der Waals surface area contributed by atoms with E-state index in [1.807, 2.05) is 30.3 Å². The maximum atomic E-state index is 13.6. The molecule has 10 nitrogen and oxygen atoms in total. The van der Waals surface area contributed by atoms with Crippen molar-refractivity contribution >= 4 is 5.97 Å². The van der Waals surface area contributed by atoms with E-state index in [1.165, 1.54) is 5.57 Å². The van der Waals surface area contributed by atoms with Gasteiger partial charge in [-0.1, -0.05) is 103 Å². The van der Waals surface area contributed by atoms with E-state index >= 15 is 0 Å². The smallest absolute Gasteiger partial charge is 0.310 e. The maximum Gasteiger partial charge on any atom is 0.310 e. The normalized spacial score (nSPS) is 48.2. The largest absolute Gasteiger partial charge is 0.481 e. The van der Waals surface area contributed by atoms with Crippen molar-refractivity contribution in [3.63, 3.8) is 0 Å². The van der Waals surface area contributed by atoms with E-state index in [1.54, 1.807) is 0 Å². The summed E-state index contributed by atoms with van der Waals surface area (Å²) in [5, 5.41) is 65.3. The monoisotopic (exact) mass is 797 g/mol. The minimum absolute atomic E-state index is 0.0112. The topological polar surface area (TPSA) is 166 Å². The van der Waals surface area contributed by atoms with Crippen molar-refractivity contribution in [2.45, 2.75) is 162 Å². The summed E-state index contributed by atoms with van der Waals surface area (Å²) < 4.78 is 19.4.